The molecule has 1 aliphatic carbocycles. The number of halogens is 1. The largest absolute Gasteiger partial charge is 0.378 e. The third-order valence-corrected chi connectivity index (χ3v) is 7.72. The Kier molecular flexibility index (Phi) is 6.29. The van der Waals surface area contributed by atoms with Gasteiger partial charge in [-0.3, -0.25) is 9.59 Å². The van der Waals surface area contributed by atoms with Crippen LogP contribution in [0.15, 0.2) is 53.3 Å². The summed E-state index contributed by atoms with van der Waals surface area (Å²) in [6.07, 6.45) is 1.81. The Morgan fingerprint density at radius 3 is 2.61 bits per heavy atom. The van der Waals surface area contributed by atoms with Crippen molar-refractivity contribution in [3.8, 4) is 0 Å². The number of H-pyrrole nitrogens is 1. The first-order valence-corrected chi connectivity index (χ1v) is 12.9. The van der Waals surface area contributed by atoms with Crippen molar-refractivity contribution in [2.75, 3.05) is 6.54 Å². The summed E-state index contributed by atoms with van der Waals surface area (Å²) in [5.74, 6) is 0.280. The standard InChI is InChI=1S/C29H32ClN3O3/c1-28(2,3)19-8-4-7-18(15-19)24(34)26(36)33-14-6-11-23-22(17-33)25(35)32-27(31-23)29(12-13-29)20-9-5-10-21(30)16-20/h4-5,7-10,15-16,24,34H,6,11-14,17H2,1-3H3,(H,31,32,35). The molecule has 188 valence electrons. The van der Waals surface area contributed by atoms with E-state index in [2.05, 4.69) is 25.8 Å². The third-order valence-electron chi connectivity index (χ3n) is 7.49. The number of nitrogens with zero attached hydrogens (tertiary/aromatic N) is 2. The smallest absolute Gasteiger partial charge is 0.256 e. The van der Waals surface area contributed by atoms with Crippen LogP contribution in [0.4, 0.5) is 0 Å². The Morgan fingerprint density at radius 2 is 1.92 bits per heavy atom. The second-order valence-corrected chi connectivity index (χ2v) is 11.5. The minimum Gasteiger partial charge on any atom is -0.378 e. The first kappa shape index (κ1) is 24.7. The highest BCUT2D eigenvalue weighted by Crippen LogP contribution is 2.52. The predicted octanol–water partition coefficient (Wildman–Crippen LogP) is 4.81. The van der Waals surface area contributed by atoms with Gasteiger partial charge in [-0.05, 0) is 59.9 Å². The summed E-state index contributed by atoms with van der Waals surface area (Å²) >= 11 is 6.23. The summed E-state index contributed by atoms with van der Waals surface area (Å²) in [4.78, 5) is 36.1. The van der Waals surface area contributed by atoms with Gasteiger partial charge in [0.1, 0.15) is 5.82 Å². The molecule has 3 aromatic rings. The van der Waals surface area contributed by atoms with Crippen LogP contribution in [0.2, 0.25) is 5.02 Å². The number of fused-ring (bicyclic) bond motifs is 1. The molecule has 2 aliphatic rings. The van der Waals surface area contributed by atoms with Crippen molar-refractivity contribution >= 4 is 17.5 Å². The molecular formula is C29H32ClN3O3. The predicted molar refractivity (Wildman–Crippen MR) is 140 cm³/mol. The first-order valence-electron chi connectivity index (χ1n) is 12.5. The van der Waals surface area contributed by atoms with Gasteiger partial charge < -0.3 is 15.0 Å². The molecule has 36 heavy (non-hydrogen) atoms. The van der Waals surface area contributed by atoms with E-state index < -0.39 is 12.0 Å². The summed E-state index contributed by atoms with van der Waals surface area (Å²) in [5.41, 5.74) is 3.29. The van der Waals surface area contributed by atoms with Gasteiger partial charge in [0.05, 0.1) is 23.2 Å². The van der Waals surface area contributed by atoms with E-state index in [1.807, 2.05) is 42.5 Å². The molecular weight excluding hydrogens is 474 g/mol. The van der Waals surface area contributed by atoms with Gasteiger partial charge in [0.25, 0.3) is 11.5 Å². The molecule has 1 fully saturated rings. The molecule has 0 bridgehead atoms. The summed E-state index contributed by atoms with van der Waals surface area (Å²) in [7, 11) is 0. The average molecular weight is 506 g/mol. The average Bonchev–Trinajstić information content (AvgIpc) is 3.67. The summed E-state index contributed by atoms with van der Waals surface area (Å²) in [5, 5.41) is 11.6. The van der Waals surface area contributed by atoms with Crippen LogP contribution < -0.4 is 5.56 Å². The lowest BCUT2D eigenvalue weighted by molar-refractivity contribution is -0.141. The van der Waals surface area contributed by atoms with Crippen molar-refractivity contribution in [3.63, 3.8) is 0 Å². The molecule has 2 aromatic carbocycles. The topological polar surface area (TPSA) is 86.3 Å². The zero-order valence-electron chi connectivity index (χ0n) is 21.0. The zero-order chi connectivity index (χ0) is 25.7. The second kappa shape index (κ2) is 9.16. The number of hydrogen-bond acceptors (Lipinski definition) is 4. The van der Waals surface area contributed by atoms with Crippen molar-refractivity contribution in [2.45, 2.75) is 69.9 Å². The maximum absolute atomic E-state index is 13.3. The number of amides is 1. The summed E-state index contributed by atoms with van der Waals surface area (Å²) in [6.45, 7) is 6.88. The SMILES string of the molecule is CC(C)(C)c1cccc(C(O)C(=O)N2CCCc3nc(C4(c5cccc(Cl)c5)CC4)[nH]c(=O)c3C2)c1. The molecule has 1 aromatic heterocycles. The summed E-state index contributed by atoms with van der Waals surface area (Å²) in [6, 6.07) is 15.3. The van der Waals surface area contributed by atoms with E-state index in [1.54, 1.807) is 11.0 Å². The molecule has 2 heterocycles. The number of carbonyl (C=O) groups excluding carboxylic acids is 1. The van der Waals surface area contributed by atoms with Crippen molar-refractivity contribution in [3.05, 3.63) is 97.7 Å². The fraction of sp³-hybridized carbons (Fsp3) is 0.414. The van der Waals surface area contributed by atoms with E-state index in [9.17, 15) is 14.7 Å². The molecule has 0 spiro atoms. The number of aromatic nitrogens is 2. The molecule has 1 amide bonds. The Bertz CT molecular complexity index is 1370. The van der Waals surface area contributed by atoms with E-state index in [4.69, 9.17) is 16.6 Å². The van der Waals surface area contributed by atoms with Gasteiger partial charge in [-0.2, -0.15) is 0 Å². The molecule has 2 N–H and O–H groups in total. The van der Waals surface area contributed by atoms with Crippen LogP contribution in [0, 0.1) is 0 Å². The van der Waals surface area contributed by atoms with Crippen LogP contribution in [-0.4, -0.2) is 32.4 Å². The molecule has 1 unspecified atom stereocenters. The van der Waals surface area contributed by atoms with E-state index >= 15 is 0 Å². The Labute approximate surface area is 216 Å². The van der Waals surface area contributed by atoms with Gasteiger partial charge in [0.15, 0.2) is 6.10 Å². The lowest BCUT2D eigenvalue weighted by Gasteiger charge is -2.25. The molecule has 5 rings (SSSR count). The minimum atomic E-state index is -1.28. The number of hydrogen-bond donors (Lipinski definition) is 2. The highest BCUT2D eigenvalue weighted by atomic mass is 35.5. The highest BCUT2D eigenvalue weighted by Gasteiger charge is 2.48. The fourth-order valence-corrected chi connectivity index (χ4v) is 5.29. The number of aromatic amines is 1. The second-order valence-electron chi connectivity index (χ2n) is 11.1. The first-order chi connectivity index (χ1) is 17.1. The molecule has 1 atom stereocenters. The normalized spacial score (nSPS) is 17.8. The van der Waals surface area contributed by atoms with Gasteiger partial charge >= 0.3 is 0 Å². The van der Waals surface area contributed by atoms with Gasteiger partial charge in [-0.15, -0.1) is 0 Å². The summed E-state index contributed by atoms with van der Waals surface area (Å²) < 4.78 is 0. The molecule has 1 saturated carbocycles. The number of benzene rings is 2. The third kappa shape index (κ3) is 4.60. The van der Waals surface area contributed by atoms with Crippen molar-refractivity contribution in [1.82, 2.24) is 14.9 Å². The van der Waals surface area contributed by atoms with Gasteiger partial charge in [0.2, 0.25) is 0 Å². The van der Waals surface area contributed by atoms with E-state index in [0.717, 1.165) is 29.7 Å². The molecule has 0 radical (unpaired) electrons. The van der Waals surface area contributed by atoms with E-state index in [0.29, 0.717) is 41.4 Å². The van der Waals surface area contributed by atoms with Crippen molar-refractivity contribution in [1.29, 1.82) is 0 Å². The van der Waals surface area contributed by atoms with Gasteiger partial charge in [-0.1, -0.05) is 68.8 Å². The Morgan fingerprint density at radius 1 is 1.17 bits per heavy atom. The molecule has 6 nitrogen and oxygen atoms in total. The van der Waals surface area contributed by atoms with E-state index in [1.165, 1.54) is 0 Å². The molecule has 0 saturated heterocycles. The van der Waals surface area contributed by atoms with Crippen LogP contribution in [0.3, 0.4) is 0 Å². The highest BCUT2D eigenvalue weighted by molar-refractivity contribution is 6.30. The monoisotopic (exact) mass is 505 g/mol. The fourth-order valence-electron chi connectivity index (χ4n) is 5.10. The minimum absolute atomic E-state index is 0.0962. The number of rotatable bonds is 4. The van der Waals surface area contributed by atoms with Crippen molar-refractivity contribution < 1.29 is 9.90 Å². The molecule has 1 aliphatic heterocycles. The van der Waals surface area contributed by atoms with Crippen LogP contribution in [0.25, 0.3) is 0 Å². The van der Waals surface area contributed by atoms with Crippen LogP contribution >= 0.6 is 11.6 Å². The van der Waals surface area contributed by atoms with E-state index in [-0.39, 0.29) is 22.9 Å². The van der Waals surface area contributed by atoms with Gasteiger partial charge in [-0.25, -0.2) is 4.98 Å². The van der Waals surface area contributed by atoms with Crippen LogP contribution in [0.5, 0.6) is 0 Å². The lowest BCUT2D eigenvalue weighted by Crippen LogP contribution is -2.36. The number of aliphatic hydroxyl groups is 1. The maximum Gasteiger partial charge on any atom is 0.256 e. The lowest BCUT2D eigenvalue weighted by atomic mass is 9.85. The Balaban J connectivity index is 1.41. The molecule has 7 heteroatoms. The van der Waals surface area contributed by atoms with Crippen LogP contribution in [-0.2, 0) is 28.6 Å². The Hall–Kier alpha value is -2.96. The van der Waals surface area contributed by atoms with Gasteiger partial charge in [0, 0.05) is 11.6 Å². The number of carbonyl (C=O) groups is 1. The zero-order valence-corrected chi connectivity index (χ0v) is 21.7. The number of aliphatic hydroxyl groups excluding tert-OH is 1. The number of aryl methyl sites for hydroxylation is 1. The van der Waals surface area contributed by atoms with Crippen molar-refractivity contribution in [2.24, 2.45) is 0 Å². The quantitative estimate of drug-likeness (QED) is 0.532. The van der Waals surface area contributed by atoms with Crippen LogP contribution in [0.1, 0.15) is 79.9 Å². The number of nitrogens with one attached hydrogen (secondary N) is 1. The maximum atomic E-state index is 13.3.